The molecule has 0 bridgehead atoms. The van der Waals surface area contributed by atoms with Crippen molar-refractivity contribution in [2.45, 2.75) is 13.5 Å². The molecule has 13 heteroatoms. The topological polar surface area (TPSA) is 131 Å². The van der Waals surface area contributed by atoms with Crippen molar-refractivity contribution < 1.29 is 4.39 Å². The number of halogens is 2. The van der Waals surface area contributed by atoms with E-state index in [1.165, 1.54) is 46.5 Å². The zero-order chi connectivity index (χ0) is 27.0. The first-order chi connectivity index (χ1) is 18.3. The standard InChI is InChI=1S/C25H18ClFN8O2S/c1-13-5-19(27)14(9-28)6-15(13)12-34-22(31-17-3-4-20-21(8-17)38-23(29-2)32-20)33-24(36)35(25(34)37)18-7-16(26)10-30-11-18/h3-8,10-11H,12H2,1-2H3,(H,29,32)(H,31,33,36). The average molecular weight is 549 g/mol. The van der Waals surface area contributed by atoms with Crippen molar-refractivity contribution in [2.24, 2.45) is 0 Å². The predicted octanol–water partition coefficient (Wildman–Crippen LogP) is 4.21. The van der Waals surface area contributed by atoms with E-state index in [-0.39, 0.29) is 28.8 Å². The van der Waals surface area contributed by atoms with Gasteiger partial charge in [-0.25, -0.2) is 23.5 Å². The Morgan fingerprint density at radius 2 is 1.97 bits per heavy atom. The molecule has 0 unspecified atom stereocenters. The summed E-state index contributed by atoms with van der Waals surface area (Å²) in [5.41, 5.74) is 0.777. The monoisotopic (exact) mass is 548 g/mol. The molecule has 0 amide bonds. The third-order valence-corrected chi connectivity index (χ3v) is 6.99. The van der Waals surface area contributed by atoms with Crippen molar-refractivity contribution in [1.82, 2.24) is 24.1 Å². The van der Waals surface area contributed by atoms with E-state index in [1.807, 2.05) is 12.1 Å². The van der Waals surface area contributed by atoms with Crippen molar-refractivity contribution in [2.75, 3.05) is 17.7 Å². The Labute approximate surface area is 223 Å². The summed E-state index contributed by atoms with van der Waals surface area (Å²) in [5.74, 6) is -0.697. The molecule has 38 heavy (non-hydrogen) atoms. The average Bonchev–Trinajstić information content (AvgIpc) is 3.30. The molecule has 3 heterocycles. The summed E-state index contributed by atoms with van der Waals surface area (Å²) in [6.45, 7) is 1.56. The van der Waals surface area contributed by atoms with Gasteiger partial charge in [-0.1, -0.05) is 22.9 Å². The fraction of sp³-hybridized carbons (Fsp3) is 0.120. The Hall–Kier alpha value is -4.60. The fourth-order valence-electron chi connectivity index (χ4n) is 3.86. The van der Waals surface area contributed by atoms with E-state index < -0.39 is 17.2 Å². The smallest absolute Gasteiger partial charge is 0.359 e. The number of hydrogen-bond acceptors (Lipinski definition) is 9. The number of aryl methyl sites for hydroxylation is 1. The van der Waals surface area contributed by atoms with Crippen molar-refractivity contribution in [3.63, 3.8) is 0 Å². The SMILES string of the molecule is CNc1nc2ccc(Nc3nc(=O)n(-c4cncc(Cl)c4)c(=O)n3Cc3cc(C#N)c(F)cc3C)cc2s1. The molecule has 0 fully saturated rings. The molecule has 190 valence electrons. The summed E-state index contributed by atoms with van der Waals surface area (Å²) >= 11 is 7.48. The maximum absolute atomic E-state index is 14.2. The molecule has 0 radical (unpaired) electrons. The molecule has 2 N–H and O–H groups in total. The second kappa shape index (κ2) is 10.0. The van der Waals surface area contributed by atoms with Crippen LogP contribution in [0, 0.1) is 24.1 Å². The zero-order valence-electron chi connectivity index (χ0n) is 20.0. The van der Waals surface area contributed by atoms with Crippen molar-refractivity contribution in [3.05, 3.63) is 97.3 Å². The lowest BCUT2D eigenvalue weighted by Gasteiger charge is -2.17. The number of anilines is 3. The molecule has 3 aromatic heterocycles. The quantitative estimate of drug-likeness (QED) is 0.323. The summed E-state index contributed by atoms with van der Waals surface area (Å²) in [6.07, 6.45) is 2.69. The largest absolute Gasteiger partial charge is 0.365 e. The molecule has 0 saturated carbocycles. The van der Waals surface area contributed by atoms with Gasteiger partial charge in [0.25, 0.3) is 0 Å². The Morgan fingerprint density at radius 1 is 1.16 bits per heavy atom. The first-order valence-corrected chi connectivity index (χ1v) is 12.4. The second-order valence-corrected chi connectivity index (χ2v) is 9.70. The molecule has 0 atom stereocenters. The van der Waals surface area contributed by atoms with Crippen LogP contribution in [0.1, 0.15) is 16.7 Å². The number of thiazole rings is 1. The van der Waals surface area contributed by atoms with Gasteiger partial charge in [0.1, 0.15) is 11.9 Å². The second-order valence-electron chi connectivity index (χ2n) is 8.23. The van der Waals surface area contributed by atoms with Crippen molar-refractivity contribution in [1.29, 1.82) is 5.26 Å². The normalized spacial score (nSPS) is 10.9. The minimum Gasteiger partial charge on any atom is -0.365 e. The van der Waals surface area contributed by atoms with Crippen molar-refractivity contribution in [3.8, 4) is 11.8 Å². The third kappa shape index (κ3) is 4.72. The zero-order valence-corrected chi connectivity index (χ0v) is 21.6. The van der Waals surface area contributed by atoms with Gasteiger partial charge in [0, 0.05) is 18.9 Å². The van der Waals surface area contributed by atoms with Gasteiger partial charge in [-0.3, -0.25) is 9.55 Å². The van der Waals surface area contributed by atoms with Crippen LogP contribution in [-0.4, -0.2) is 31.1 Å². The van der Waals surface area contributed by atoms with E-state index in [1.54, 1.807) is 26.1 Å². The molecule has 0 spiro atoms. The van der Waals surface area contributed by atoms with E-state index in [4.69, 9.17) is 11.6 Å². The highest BCUT2D eigenvalue weighted by molar-refractivity contribution is 7.22. The van der Waals surface area contributed by atoms with Crippen LogP contribution >= 0.6 is 22.9 Å². The van der Waals surface area contributed by atoms with Crippen LogP contribution in [0.4, 0.5) is 21.2 Å². The Morgan fingerprint density at radius 3 is 2.71 bits per heavy atom. The van der Waals surface area contributed by atoms with Crippen LogP contribution in [0.15, 0.2) is 58.4 Å². The molecule has 0 aliphatic carbocycles. The highest BCUT2D eigenvalue weighted by Crippen LogP contribution is 2.29. The number of hydrogen-bond donors (Lipinski definition) is 2. The Kier molecular flexibility index (Phi) is 6.62. The Bertz CT molecular complexity index is 1870. The first-order valence-electron chi connectivity index (χ1n) is 11.2. The van der Waals surface area contributed by atoms with Gasteiger partial charge in [-0.2, -0.15) is 10.2 Å². The number of fused-ring (bicyclic) bond motifs is 1. The van der Waals surface area contributed by atoms with Crippen molar-refractivity contribution >= 4 is 49.9 Å². The van der Waals surface area contributed by atoms with E-state index in [0.29, 0.717) is 16.8 Å². The lowest BCUT2D eigenvalue weighted by atomic mass is 10.0. The number of nitriles is 1. The maximum Gasteiger partial charge on any atom is 0.359 e. The third-order valence-electron chi connectivity index (χ3n) is 5.75. The van der Waals surface area contributed by atoms with E-state index in [2.05, 4.69) is 25.6 Å². The summed E-state index contributed by atoms with van der Waals surface area (Å²) in [4.78, 5) is 39.3. The van der Waals surface area contributed by atoms with Gasteiger partial charge >= 0.3 is 11.4 Å². The Balaban J connectivity index is 1.67. The molecular formula is C25H18ClFN8O2S. The summed E-state index contributed by atoms with van der Waals surface area (Å²) in [7, 11) is 1.78. The molecule has 2 aromatic carbocycles. The minimum absolute atomic E-state index is 0.0359. The van der Waals surface area contributed by atoms with Gasteiger partial charge in [0.2, 0.25) is 5.95 Å². The lowest BCUT2D eigenvalue weighted by Crippen LogP contribution is -2.41. The molecule has 10 nitrogen and oxygen atoms in total. The number of pyridine rings is 1. The van der Waals surface area contributed by atoms with Crippen LogP contribution in [-0.2, 0) is 6.54 Å². The lowest BCUT2D eigenvalue weighted by molar-refractivity contribution is 0.617. The van der Waals surface area contributed by atoms with Crippen LogP contribution in [0.25, 0.3) is 15.9 Å². The van der Waals surface area contributed by atoms with Crippen LogP contribution in [0.2, 0.25) is 5.02 Å². The van der Waals surface area contributed by atoms with Gasteiger partial charge in [0.15, 0.2) is 5.13 Å². The molecule has 5 aromatic rings. The van der Waals surface area contributed by atoms with Gasteiger partial charge in [-0.15, -0.1) is 0 Å². The van der Waals surface area contributed by atoms with Crippen LogP contribution in [0.3, 0.4) is 0 Å². The molecule has 0 aliphatic rings. The number of rotatable bonds is 6. The van der Waals surface area contributed by atoms with E-state index in [0.717, 1.165) is 19.9 Å². The van der Waals surface area contributed by atoms with Gasteiger partial charge in [-0.05, 0) is 54.4 Å². The van der Waals surface area contributed by atoms with E-state index >= 15 is 0 Å². The predicted molar refractivity (Wildman–Crippen MR) is 144 cm³/mol. The summed E-state index contributed by atoms with van der Waals surface area (Å²) in [5, 5.41) is 16.3. The highest BCUT2D eigenvalue weighted by atomic mass is 35.5. The number of nitrogens with zero attached hydrogens (tertiary/aromatic N) is 6. The van der Waals surface area contributed by atoms with Crippen LogP contribution < -0.4 is 22.0 Å². The fourth-order valence-corrected chi connectivity index (χ4v) is 4.88. The number of benzene rings is 2. The number of aromatic nitrogens is 5. The summed E-state index contributed by atoms with van der Waals surface area (Å²) in [6, 6.07) is 11.2. The summed E-state index contributed by atoms with van der Waals surface area (Å²) < 4.78 is 17.1. The minimum atomic E-state index is -0.845. The first kappa shape index (κ1) is 25.1. The highest BCUT2D eigenvalue weighted by Gasteiger charge is 2.18. The molecule has 5 rings (SSSR count). The van der Waals surface area contributed by atoms with Gasteiger partial charge < -0.3 is 10.6 Å². The molecule has 0 aliphatic heterocycles. The maximum atomic E-state index is 14.2. The molecular weight excluding hydrogens is 531 g/mol. The number of nitrogens with one attached hydrogen (secondary N) is 2. The van der Waals surface area contributed by atoms with Gasteiger partial charge in [0.05, 0.1) is 39.2 Å². The van der Waals surface area contributed by atoms with Crippen LogP contribution in [0.5, 0.6) is 0 Å². The molecule has 0 saturated heterocycles. The van der Waals surface area contributed by atoms with E-state index in [9.17, 15) is 19.2 Å².